The largest absolute Gasteiger partial charge is 0.331 e. The van der Waals surface area contributed by atoms with Crippen LogP contribution in [0.4, 0.5) is 14.9 Å². The van der Waals surface area contributed by atoms with Gasteiger partial charge >= 0.3 is 6.03 Å². The second-order valence-corrected chi connectivity index (χ2v) is 6.32. The van der Waals surface area contributed by atoms with E-state index in [1.807, 2.05) is 30.3 Å². The highest BCUT2D eigenvalue weighted by molar-refractivity contribution is 5.89. The highest BCUT2D eigenvalue weighted by atomic mass is 19.1. The molecule has 3 nitrogen and oxygen atoms in total. The highest BCUT2D eigenvalue weighted by Gasteiger charge is 2.27. The third-order valence-corrected chi connectivity index (χ3v) is 3.38. The Morgan fingerprint density at radius 1 is 1.00 bits per heavy atom. The lowest BCUT2D eigenvalue weighted by Crippen LogP contribution is -2.39. The Balaban J connectivity index is 2.10. The van der Waals surface area contributed by atoms with E-state index in [-0.39, 0.29) is 23.3 Å². The van der Waals surface area contributed by atoms with Gasteiger partial charge in [-0.2, -0.15) is 0 Å². The van der Waals surface area contributed by atoms with Gasteiger partial charge in [0.1, 0.15) is 5.82 Å². The van der Waals surface area contributed by atoms with Crippen LogP contribution in [0, 0.1) is 11.2 Å². The minimum Gasteiger partial charge on any atom is -0.331 e. The first-order valence-electron chi connectivity index (χ1n) is 7.24. The van der Waals surface area contributed by atoms with E-state index in [0.29, 0.717) is 5.69 Å². The summed E-state index contributed by atoms with van der Waals surface area (Å²) in [6, 6.07) is 15.1. The summed E-state index contributed by atoms with van der Waals surface area (Å²) in [5.74, 6) is -0.331. The fourth-order valence-corrected chi connectivity index (χ4v) is 2.28. The maximum atomic E-state index is 12.9. The summed E-state index contributed by atoms with van der Waals surface area (Å²) in [6.45, 7) is 6.22. The van der Waals surface area contributed by atoms with Crippen molar-refractivity contribution < 1.29 is 9.18 Å². The van der Waals surface area contributed by atoms with Crippen LogP contribution in [0.2, 0.25) is 0 Å². The molecule has 0 heterocycles. The molecule has 0 bridgehead atoms. The molecule has 0 aromatic heterocycles. The molecule has 2 N–H and O–H groups in total. The van der Waals surface area contributed by atoms with E-state index < -0.39 is 0 Å². The number of amides is 2. The summed E-state index contributed by atoms with van der Waals surface area (Å²) in [5.41, 5.74) is 1.46. The van der Waals surface area contributed by atoms with Crippen molar-refractivity contribution in [1.29, 1.82) is 0 Å². The summed E-state index contributed by atoms with van der Waals surface area (Å²) in [5, 5.41) is 5.72. The zero-order valence-electron chi connectivity index (χ0n) is 13.1. The number of urea groups is 1. The van der Waals surface area contributed by atoms with Crippen molar-refractivity contribution in [3.8, 4) is 0 Å². The third kappa shape index (κ3) is 4.32. The first-order chi connectivity index (χ1) is 10.4. The molecule has 0 spiro atoms. The van der Waals surface area contributed by atoms with E-state index in [4.69, 9.17) is 0 Å². The molecule has 0 saturated heterocycles. The molecule has 2 aromatic rings. The van der Waals surface area contributed by atoms with Crippen molar-refractivity contribution in [1.82, 2.24) is 5.32 Å². The van der Waals surface area contributed by atoms with Crippen LogP contribution in [0.25, 0.3) is 0 Å². The summed E-state index contributed by atoms with van der Waals surface area (Å²) in [7, 11) is 0. The molecule has 2 amide bonds. The molecule has 0 radical (unpaired) electrons. The number of hydrogen-bond donors (Lipinski definition) is 2. The minimum atomic E-state index is -0.331. The van der Waals surface area contributed by atoms with Gasteiger partial charge in [0.25, 0.3) is 0 Å². The van der Waals surface area contributed by atoms with Crippen molar-refractivity contribution in [2.45, 2.75) is 26.8 Å². The summed E-state index contributed by atoms with van der Waals surface area (Å²) in [6.07, 6.45) is 0. The molecule has 0 aliphatic carbocycles. The molecule has 0 aliphatic rings. The number of benzene rings is 2. The maximum absolute atomic E-state index is 12.9. The average molecular weight is 300 g/mol. The lowest BCUT2D eigenvalue weighted by atomic mass is 9.82. The van der Waals surface area contributed by atoms with Gasteiger partial charge in [0.2, 0.25) is 0 Å². The molecule has 2 aromatic carbocycles. The molecule has 0 saturated carbocycles. The van der Waals surface area contributed by atoms with E-state index in [9.17, 15) is 9.18 Å². The molecule has 4 heteroatoms. The monoisotopic (exact) mass is 300 g/mol. The summed E-state index contributed by atoms with van der Waals surface area (Å²) in [4.78, 5) is 12.2. The van der Waals surface area contributed by atoms with Crippen LogP contribution in [0.3, 0.4) is 0 Å². The SMILES string of the molecule is CC(C)(C)[C@@H](NC(=O)Nc1ccc(F)cc1)c1ccccc1. The first kappa shape index (κ1) is 16.0. The molecule has 0 unspecified atom stereocenters. The summed E-state index contributed by atoms with van der Waals surface area (Å²) >= 11 is 0. The van der Waals surface area contributed by atoms with Crippen LogP contribution in [0.1, 0.15) is 32.4 Å². The standard InChI is InChI=1S/C18H21FN2O/c1-18(2,3)16(13-7-5-4-6-8-13)21-17(22)20-15-11-9-14(19)10-12-15/h4-12,16H,1-3H3,(H2,20,21,22)/t16-/m0/s1. The molecular weight excluding hydrogens is 279 g/mol. The van der Waals surface area contributed by atoms with E-state index in [0.717, 1.165) is 5.56 Å². The van der Waals surface area contributed by atoms with Gasteiger partial charge in [-0.1, -0.05) is 51.1 Å². The van der Waals surface area contributed by atoms with Crippen molar-refractivity contribution >= 4 is 11.7 Å². The number of carbonyl (C=O) groups is 1. The van der Waals surface area contributed by atoms with Gasteiger partial charge < -0.3 is 10.6 Å². The van der Waals surface area contributed by atoms with E-state index in [1.54, 1.807) is 0 Å². The van der Waals surface area contributed by atoms with Gasteiger partial charge in [-0.3, -0.25) is 0 Å². The quantitative estimate of drug-likeness (QED) is 0.845. The van der Waals surface area contributed by atoms with Crippen LogP contribution >= 0.6 is 0 Å². The number of hydrogen-bond acceptors (Lipinski definition) is 1. The van der Waals surface area contributed by atoms with Gasteiger partial charge in [0.05, 0.1) is 6.04 Å². The number of anilines is 1. The Labute approximate surface area is 130 Å². The second-order valence-electron chi connectivity index (χ2n) is 6.32. The van der Waals surface area contributed by atoms with Crippen molar-refractivity contribution in [2.75, 3.05) is 5.32 Å². The van der Waals surface area contributed by atoms with Gasteiger partial charge in [-0.05, 0) is 35.2 Å². The number of nitrogens with one attached hydrogen (secondary N) is 2. The topological polar surface area (TPSA) is 41.1 Å². The van der Waals surface area contributed by atoms with Gasteiger partial charge in [-0.25, -0.2) is 9.18 Å². The Bertz CT molecular complexity index is 618. The highest BCUT2D eigenvalue weighted by Crippen LogP contribution is 2.32. The Kier molecular flexibility index (Phi) is 4.81. The zero-order valence-corrected chi connectivity index (χ0v) is 13.1. The molecule has 22 heavy (non-hydrogen) atoms. The Morgan fingerprint density at radius 3 is 2.14 bits per heavy atom. The predicted molar refractivity (Wildman–Crippen MR) is 87.2 cm³/mol. The van der Waals surface area contributed by atoms with Crippen molar-refractivity contribution in [3.05, 3.63) is 66.0 Å². The summed E-state index contributed by atoms with van der Waals surface area (Å²) < 4.78 is 12.9. The molecule has 1 atom stereocenters. The van der Waals surface area contributed by atoms with E-state index in [1.165, 1.54) is 24.3 Å². The van der Waals surface area contributed by atoms with Crippen molar-refractivity contribution in [2.24, 2.45) is 5.41 Å². The van der Waals surface area contributed by atoms with Crippen molar-refractivity contribution in [3.63, 3.8) is 0 Å². The first-order valence-corrected chi connectivity index (χ1v) is 7.24. The predicted octanol–water partition coefficient (Wildman–Crippen LogP) is 4.73. The van der Waals surface area contributed by atoms with E-state index in [2.05, 4.69) is 31.4 Å². The maximum Gasteiger partial charge on any atom is 0.319 e. The Hall–Kier alpha value is -2.36. The molecule has 116 valence electrons. The fourth-order valence-electron chi connectivity index (χ4n) is 2.28. The number of halogens is 1. The molecule has 0 aliphatic heterocycles. The fraction of sp³-hybridized carbons (Fsp3) is 0.278. The average Bonchev–Trinajstić information content (AvgIpc) is 2.47. The van der Waals surface area contributed by atoms with Gasteiger partial charge in [-0.15, -0.1) is 0 Å². The van der Waals surface area contributed by atoms with Gasteiger partial charge in [0.15, 0.2) is 0 Å². The van der Waals surface area contributed by atoms with Crippen LogP contribution in [0.15, 0.2) is 54.6 Å². The van der Waals surface area contributed by atoms with E-state index >= 15 is 0 Å². The van der Waals surface area contributed by atoms with Crippen LogP contribution in [0.5, 0.6) is 0 Å². The van der Waals surface area contributed by atoms with Crippen LogP contribution in [-0.2, 0) is 0 Å². The molecular formula is C18H21FN2O. The zero-order chi connectivity index (χ0) is 16.2. The number of carbonyl (C=O) groups excluding carboxylic acids is 1. The Morgan fingerprint density at radius 2 is 1.59 bits per heavy atom. The number of rotatable bonds is 3. The smallest absolute Gasteiger partial charge is 0.319 e. The lowest BCUT2D eigenvalue weighted by molar-refractivity contribution is 0.229. The lowest BCUT2D eigenvalue weighted by Gasteiger charge is -2.32. The van der Waals surface area contributed by atoms with Gasteiger partial charge in [0, 0.05) is 5.69 Å². The second kappa shape index (κ2) is 6.60. The van der Waals surface area contributed by atoms with Crippen LogP contribution in [-0.4, -0.2) is 6.03 Å². The molecule has 0 fully saturated rings. The third-order valence-electron chi connectivity index (χ3n) is 3.38. The van der Waals surface area contributed by atoms with Crippen LogP contribution < -0.4 is 10.6 Å². The normalized spacial score (nSPS) is 12.5. The minimum absolute atomic E-state index is 0.130. The molecule has 2 rings (SSSR count).